The number of hydrogen-bond acceptors (Lipinski definition) is 3. The van der Waals surface area contributed by atoms with Crippen LogP contribution < -0.4 is 15.5 Å². The summed E-state index contributed by atoms with van der Waals surface area (Å²) in [7, 11) is 0. The molecule has 22 heavy (non-hydrogen) atoms. The van der Waals surface area contributed by atoms with Crippen molar-refractivity contribution in [3.05, 3.63) is 24.3 Å². The normalized spacial score (nSPS) is 22.4. The number of fused-ring (bicyclic) bond motifs is 1. The van der Waals surface area contributed by atoms with Crippen LogP contribution in [0.5, 0.6) is 0 Å². The Bertz CT molecular complexity index is 586. The van der Waals surface area contributed by atoms with Gasteiger partial charge < -0.3 is 15.4 Å². The van der Waals surface area contributed by atoms with Gasteiger partial charge in [0.05, 0.1) is 30.6 Å². The van der Waals surface area contributed by atoms with Gasteiger partial charge in [-0.25, -0.2) is 4.79 Å². The van der Waals surface area contributed by atoms with E-state index in [1.807, 2.05) is 38.1 Å². The summed E-state index contributed by atoms with van der Waals surface area (Å²) in [6.45, 7) is 5.07. The molecule has 6 nitrogen and oxygen atoms in total. The van der Waals surface area contributed by atoms with Gasteiger partial charge in [0.25, 0.3) is 0 Å². The topological polar surface area (TPSA) is 70.7 Å². The van der Waals surface area contributed by atoms with Crippen molar-refractivity contribution in [2.45, 2.75) is 32.4 Å². The summed E-state index contributed by atoms with van der Waals surface area (Å²) in [5, 5.41) is 5.84. The van der Waals surface area contributed by atoms with Gasteiger partial charge in [-0.1, -0.05) is 32.4 Å². The van der Waals surface area contributed by atoms with Crippen LogP contribution in [0.2, 0.25) is 0 Å². The maximum atomic E-state index is 12.7. The average Bonchev–Trinajstić information content (AvgIpc) is 2.48. The fraction of sp³-hybridized carbons (Fsp3) is 0.500. The number of urea groups is 1. The highest BCUT2D eigenvalue weighted by Gasteiger charge is 2.40. The zero-order chi connectivity index (χ0) is 15.7. The molecule has 0 aromatic heterocycles. The van der Waals surface area contributed by atoms with Gasteiger partial charge in [0.15, 0.2) is 0 Å². The molecule has 2 aliphatic rings. The third-order valence-electron chi connectivity index (χ3n) is 4.34. The molecule has 118 valence electrons. The maximum absolute atomic E-state index is 12.7. The highest BCUT2D eigenvalue weighted by Crippen LogP contribution is 2.34. The highest BCUT2D eigenvalue weighted by molar-refractivity contribution is 6.11. The van der Waals surface area contributed by atoms with Crippen LogP contribution in [-0.2, 0) is 9.53 Å². The van der Waals surface area contributed by atoms with Gasteiger partial charge in [-0.15, -0.1) is 0 Å². The molecule has 0 bridgehead atoms. The monoisotopic (exact) mass is 303 g/mol. The van der Waals surface area contributed by atoms with Crippen molar-refractivity contribution < 1.29 is 14.3 Å². The lowest BCUT2D eigenvalue weighted by atomic mass is 9.94. The van der Waals surface area contributed by atoms with Crippen LogP contribution in [0.3, 0.4) is 0 Å². The Morgan fingerprint density at radius 3 is 2.82 bits per heavy atom. The lowest BCUT2D eigenvalue weighted by Crippen LogP contribution is -2.60. The molecule has 6 heteroatoms. The molecule has 0 saturated carbocycles. The summed E-state index contributed by atoms with van der Waals surface area (Å²) >= 11 is 0. The second kappa shape index (κ2) is 5.96. The van der Waals surface area contributed by atoms with E-state index in [9.17, 15) is 9.59 Å². The molecule has 0 spiro atoms. The van der Waals surface area contributed by atoms with Crippen LogP contribution in [0.1, 0.15) is 20.3 Å². The summed E-state index contributed by atoms with van der Waals surface area (Å²) in [6, 6.07) is 6.69. The third kappa shape index (κ3) is 2.54. The molecule has 2 atom stereocenters. The molecule has 1 fully saturated rings. The van der Waals surface area contributed by atoms with E-state index < -0.39 is 6.04 Å². The van der Waals surface area contributed by atoms with Crippen LogP contribution >= 0.6 is 0 Å². The minimum absolute atomic E-state index is 0.0298. The smallest absolute Gasteiger partial charge is 0.323 e. The maximum Gasteiger partial charge on any atom is 0.323 e. The number of carbonyl (C=O) groups excluding carboxylic acids is 2. The van der Waals surface area contributed by atoms with Gasteiger partial charge in [-0.3, -0.25) is 9.69 Å². The fourth-order valence-electron chi connectivity index (χ4n) is 2.80. The molecule has 1 saturated heterocycles. The molecule has 3 amide bonds. The number of ether oxygens (including phenoxy) is 1. The molecule has 1 aromatic carbocycles. The summed E-state index contributed by atoms with van der Waals surface area (Å²) in [6.07, 6.45) is 0.816. The Hall–Kier alpha value is -2.08. The Morgan fingerprint density at radius 2 is 2.18 bits per heavy atom. The van der Waals surface area contributed by atoms with Crippen molar-refractivity contribution in [1.82, 2.24) is 5.32 Å². The van der Waals surface area contributed by atoms with Crippen LogP contribution in [-0.4, -0.2) is 37.2 Å². The first-order chi connectivity index (χ1) is 10.6. The molecule has 2 unspecified atom stereocenters. The number of hydrogen-bond donors (Lipinski definition) is 2. The van der Waals surface area contributed by atoms with Crippen LogP contribution in [0.25, 0.3) is 0 Å². The first kappa shape index (κ1) is 14.8. The zero-order valence-electron chi connectivity index (χ0n) is 12.8. The minimum Gasteiger partial charge on any atom is -0.377 e. The van der Waals surface area contributed by atoms with E-state index in [0.29, 0.717) is 18.9 Å². The largest absolute Gasteiger partial charge is 0.377 e. The molecule has 3 rings (SSSR count). The molecule has 0 radical (unpaired) electrons. The second-order valence-corrected chi connectivity index (χ2v) is 5.89. The van der Waals surface area contributed by atoms with Crippen molar-refractivity contribution >= 4 is 23.3 Å². The summed E-state index contributed by atoms with van der Waals surface area (Å²) in [5.74, 6) is -0.0650. The summed E-state index contributed by atoms with van der Waals surface area (Å²) < 4.78 is 5.10. The second-order valence-electron chi connectivity index (χ2n) is 5.89. The van der Waals surface area contributed by atoms with Crippen molar-refractivity contribution in [2.24, 2.45) is 5.92 Å². The van der Waals surface area contributed by atoms with Gasteiger partial charge >= 0.3 is 6.03 Å². The summed E-state index contributed by atoms with van der Waals surface area (Å²) in [4.78, 5) is 26.8. The van der Waals surface area contributed by atoms with E-state index >= 15 is 0 Å². The molecule has 2 heterocycles. The number of para-hydroxylation sites is 2. The number of carbonyl (C=O) groups is 2. The Morgan fingerprint density at radius 1 is 1.45 bits per heavy atom. The predicted molar refractivity (Wildman–Crippen MR) is 83.9 cm³/mol. The Kier molecular flexibility index (Phi) is 4.02. The van der Waals surface area contributed by atoms with Crippen LogP contribution in [0.15, 0.2) is 24.3 Å². The van der Waals surface area contributed by atoms with Crippen LogP contribution in [0, 0.1) is 5.92 Å². The van der Waals surface area contributed by atoms with E-state index in [-0.39, 0.29) is 23.9 Å². The SMILES string of the molecule is CCC(C)C1C(=O)Nc2ccccc2N1C(=O)NC1COC1. The average molecular weight is 303 g/mol. The zero-order valence-corrected chi connectivity index (χ0v) is 12.8. The first-order valence-corrected chi connectivity index (χ1v) is 7.69. The van der Waals surface area contributed by atoms with E-state index in [0.717, 1.165) is 12.1 Å². The van der Waals surface area contributed by atoms with Gasteiger partial charge in [0.2, 0.25) is 5.91 Å². The van der Waals surface area contributed by atoms with Crippen LogP contribution in [0.4, 0.5) is 16.2 Å². The molecule has 2 aliphatic heterocycles. The van der Waals surface area contributed by atoms with E-state index in [2.05, 4.69) is 10.6 Å². The number of nitrogens with one attached hydrogen (secondary N) is 2. The number of amides is 3. The molecular formula is C16H21N3O3. The van der Waals surface area contributed by atoms with E-state index in [4.69, 9.17) is 4.74 Å². The minimum atomic E-state index is -0.499. The molecule has 2 N–H and O–H groups in total. The third-order valence-corrected chi connectivity index (χ3v) is 4.34. The van der Waals surface area contributed by atoms with E-state index in [1.54, 1.807) is 4.90 Å². The van der Waals surface area contributed by atoms with Crippen molar-refractivity contribution in [3.63, 3.8) is 0 Å². The van der Waals surface area contributed by atoms with Crippen molar-refractivity contribution in [3.8, 4) is 0 Å². The molecule has 0 aliphatic carbocycles. The number of benzene rings is 1. The molecular weight excluding hydrogens is 282 g/mol. The van der Waals surface area contributed by atoms with Gasteiger partial charge in [0.1, 0.15) is 6.04 Å². The lowest BCUT2D eigenvalue weighted by Gasteiger charge is -2.40. The lowest BCUT2D eigenvalue weighted by molar-refractivity contribution is -0.118. The quantitative estimate of drug-likeness (QED) is 0.897. The number of anilines is 2. The Balaban J connectivity index is 1.95. The van der Waals surface area contributed by atoms with Crippen molar-refractivity contribution in [1.29, 1.82) is 0 Å². The fourth-order valence-corrected chi connectivity index (χ4v) is 2.80. The number of rotatable bonds is 3. The van der Waals surface area contributed by atoms with Crippen molar-refractivity contribution in [2.75, 3.05) is 23.4 Å². The first-order valence-electron chi connectivity index (χ1n) is 7.69. The predicted octanol–water partition coefficient (Wildman–Crippen LogP) is 1.97. The highest BCUT2D eigenvalue weighted by atomic mass is 16.5. The number of nitrogens with zero attached hydrogens (tertiary/aromatic N) is 1. The van der Waals surface area contributed by atoms with Gasteiger partial charge in [-0.2, -0.15) is 0 Å². The van der Waals surface area contributed by atoms with Gasteiger partial charge in [0, 0.05) is 0 Å². The van der Waals surface area contributed by atoms with Gasteiger partial charge in [-0.05, 0) is 18.1 Å². The van der Waals surface area contributed by atoms with E-state index in [1.165, 1.54) is 0 Å². The standard InChI is InChI=1S/C16H21N3O3/c1-3-10(2)14-15(20)18-12-6-4-5-7-13(12)19(14)16(21)17-11-8-22-9-11/h4-7,10-11,14H,3,8-9H2,1-2H3,(H,17,21)(H,18,20). The summed E-state index contributed by atoms with van der Waals surface area (Å²) in [5.41, 5.74) is 1.41. The molecule has 1 aromatic rings. The Labute approximate surface area is 129 Å².